The zero-order chi connectivity index (χ0) is 20.9. The van der Waals surface area contributed by atoms with Crippen molar-refractivity contribution in [2.75, 3.05) is 6.61 Å². The van der Waals surface area contributed by atoms with E-state index in [9.17, 15) is 4.79 Å². The molecule has 0 atom stereocenters. The first kappa shape index (κ1) is 19.6. The Bertz CT molecular complexity index is 1160. The van der Waals surface area contributed by atoms with E-state index >= 15 is 0 Å². The number of aryl methyl sites for hydroxylation is 1. The van der Waals surface area contributed by atoms with Crippen molar-refractivity contribution in [2.45, 2.75) is 26.7 Å². The molecule has 30 heavy (non-hydrogen) atoms. The molecule has 0 saturated carbocycles. The highest BCUT2D eigenvalue weighted by atomic mass is 16.5. The molecule has 0 unspecified atom stereocenters. The number of benzene rings is 2. The van der Waals surface area contributed by atoms with E-state index in [1.807, 2.05) is 61.5 Å². The lowest BCUT2D eigenvalue weighted by Gasteiger charge is -2.11. The molecule has 0 radical (unpaired) electrons. The molecule has 0 amide bonds. The molecule has 4 aromatic rings. The summed E-state index contributed by atoms with van der Waals surface area (Å²) in [5, 5.41) is 7.90. The first-order valence-corrected chi connectivity index (χ1v) is 10.1. The summed E-state index contributed by atoms with van der Waals surface area (Å²) in [6, 6.07) is 17.8. The highest BCUT2D eigenvalue weighted by molar-refractivity contribution is 5.83. The predicted molar refractivity (Wildman–Crippen MR) is 118 cm³/mol. The van der Waals surface area contributed by atoms with Crippen LogP contribution in [0.2, 0.25) is 0 Å². The van der Waals surface area contributed by atoms with Crippen molar-refractivity contribution in [1.82, 2.24) is 20.2 Å². The second-order valence-electron chi connectivity index (χ2n) is 7.23. The van der Waals surface area contributed by atoms with Gasteiger partial charge in [-0.25, -0.2) is 0 Å². The van der Waals surface area contributed by atoms with Crippen LogP contribution in [0.3, 0.4) is 0 Å². The standard InChI is InChI=1S/C24H24N4O2/c1-3-4-13-30-19-11-9-18(10-12-19)21-14-20(17-7-5-16(2)6-8-17)22(24(29)27-21)23-25-15-26-28-23/h5-12,14-15H,3-4,13H2,1-2H3,(H,27,29)(H,25,26,28). The Kier molecular flexibility index (Phi) is 5.75. The summed E-state index contributed by atoms with van der Waals surface area (Å²) in [4.78, 5) is 19.0. The molecule has 0 spiro atoms. The smallest absolute Gasteiger partial charge is 0.260 e. The Morgan fingerprint density at radius 1 is 1.00 bits per heavy atom. The van der Waals surface area contributed by atoms with Gasteiger partial charge >= 0.3 is 0 Å². The number of unbranched alkanes of at least 4 members (excludes halogenated alkanes) is 1. The first-order valence-electron chi connectivity index (χ1n) is 10.1. The van der Waals surface area contributed by atoms with Crippen LogP contribution in [0.4, 0.5) is 0 Å². The van der Waals surface area contributed by atoms with Gasteiger partial charge in [-0.2, -0.15) is 0 Å². The van der Waals surface area contributed by atoms with E-state index in [0.29, 0.717) is 18.0 Å². The number of aromatic amines is 2. The summed E-state index contributed by atoms with van der Waals surface area (Å²) >= 11 is 0. The van der Waals surface area contributed by atoms with E-state index in [0.717, 1.165) is 46.5 Å². The van der Waals surface area contributed by atoms with Gasteiger partial charge in [0, 0.05) is 11.3 Å². The minimum Gasteiger partial charge on any atom is -0.494 e. The molecule has 0 fully saturated rings. The third kappa shape index (κ3) is 4.17. The van der Waals surface area contributed by atoms with E-state index in [1.165, 1.54) is 6.33 Å². The van der Waals surface area contributed by atoms with Gasteiger partial charge in [0.25, 0.3) is 5.56 Å². The Hall–Kier alpha value is -3.67. The Balaban J connectivity index is 1.77. The molecule has 0 saturated heterocycles. The van der Waals surface area contributed by atoms with Crippen molar-refractivity contribution in [3.8, 4) is 39.5 Å². The normalized spacial score (nSPS) is 10.9. The molecular weight excluding hydrogens is 376 g/mol. The summed E-state index contributed by atoms with van der Waals surface area (Å²) in [6.45, 7) is 4.88. The lowest BCUT2D eigenvalue weighted by molar-refractivity contribution is 0.309. The fourth-order valence-corrected chi connectivity index (χ4v) is 3.30. The third-order valence-corrected chi connectivity index (χ3v) is 4.98. The lowest BCUT2D eigenvalue weighted by atomic mass is 9.97. The molecule has 2 aromatic heterocycles. The fraction of sp³-hybridized carbons (Fsp3) is 0.208. The topological polar surface area (TPSA) is 83.7 Å². The van der Waals surface area contributed by atoms with E-state index in [1.54, 1.807) is 0 Å². The highest BCUT2D eigenvalue weighted by Crippen LogP contribution is 2.31. The Morgan fingerprint density at radius 3 is 2.40 bits per heavy atom. The molecular formula is C24H24N4O2. The number of rotatable bonds is 7. The van der Waals surface area contributed by atoms with Crippen molar-refractivity contribution < 1.29 is 4.74 Å². The van der Waals surface area contributed by atoms with Crippen LogP contribution in [0.1, 0.15) is 25.3 Å². The van der Waals surface area contributed by atoms with Gasteiger partial charge in [-0.15, -0.1) is 10.2 Å². The quantitative estimate of drug-likeness (QED) is 0.429. The number of aromatic nitrogens is 4. The zero-order valence-electron chi connectivity index (χ0n) is 17.1. The maximum Gasteiger partial charge on any atom is 0.260 e. The number of H-pyrrole nitrogens is 2. The molecule has 6 nitrogen and oxygen atoms in total. The number of hydrogen-bond acceptors (Lipinski definition) is 4. The van der Waals surface area contributed by atoms with Gasteiger partial charge in [-0.1, -0.05) is 43.2 Å². The molecule has 4 rings (SSSR count). The van der Waals surface area contributed by atoms with E-state index < -0.39 is 0 Å². The van der Waals surface area contributed by atoms with Crippen LogP contribution in [0.25, 0.3) is 33.8 Å². The van der Waals surface area contributed by atoms with Crippen LogP contribution in [-0.2, 0) is 0 Å². The maximum absolute atomic E-state index is 13.0. The number of nitrogens with one attached hydrogen (secondary N) is 2. The average Bonchev–Trinajstić information content (AvgIpc) is 3.29. The molecule has 2 aromatic carbocycles. The predicted octanol–water partition coefficient (Wildman–Crippen LogP) is 4.98. The summed E-state index contributed by atoms with van der Waals surface area (Å²) in [6.07, 6.45) is 3.59. The highest BCUT2D eigenvalue weighted by Gasteiger charge is 2.17. The molecule has 0 bridgehead atoms. The maximum atomic E-state index is 13.0. The number of nitrogens with zero attached hydrogens (tertiary/aromatic N) is 2. The minimum absolute atomic E-state index is 0.219. The van der Waals surface area contributed by atoms with Gasteiger partial charge in [-0.3, -0.25) is 4.79 Å². The van der Waals surface area contributed by atoms with Crippen molar-refractivity contribution >= 4 is 0 Å². The van der Waals surface area contributed by atoms with E-state index in [-0.39, 0.29) is 5.56 Å². The Morgan fingerprint density at radius 2 is 1.73 bits per heavy atom. The molecule has 6 heteroatoms. The number of hydrogen-bond donors (Lipinski definition) is 2. The molecule has 152 valence electrons. The second kappa shape index (κ2) is 8.78. The zero-order valence-corrected chi connectivity index (χ0v) is 17.1. The molecule has 0 aliphatic rings. The molecule has 0 aliphatic carbocycles. The van der Waals surface area contributed by atoms with Crippen LogP contribution in [0.5, 0.6) is 5.75 Å². The molecule has 0 aliphatic heterocycles. The average molecular weight is 400 g/mol. The summed E-state index contributed by atoms with van der Waals surface area (Å²) in [5.74, 6) is 1.27. The van der Waals surface area contributed by atoms with Gasteiger partial charge in [0.05, 0.1) is 12.2 Å². The SMILES string of the molecule is CCCCOc1ccc(-c2cc(-c3ccc(C)cc3)c(-c3nnc[nH]3)c(=O)[nH]2)cc1. The first-order chi connectivity index (χ1) is 14.7. The molecule has 2 N–H and O–H groups in total. The van der Waals surface area contributed by atoms with Crippen LogP contribution in [0.15, 0.2) is 65.7 Å². The van der Waals surface area contributed by atoms with Gasteiger partial charge in [0.1, 0.15) is 12.1 Å². The van der Waals surface area contributed by atoms with Crippen molar-refractivity contribution in [3.05, 3.63) is 76.8 Å². The van der Waals surface area contributed by atoms with Crippen molar-refractivity contribution in [2.24, 2.45) is 0 Å². The van der Waals surface area contributed by atoms with E-state index in [2.05, 4.69) is 27.1 Å². The van der Waals surface area contributed by atoms with Crippen molar-refractivity contribution in [1.29, 1.82) is 0 Å². The van der Waals surface area contributed by atoms with Gasteiger partial charge < -0.3 is 14.7 Å². The van der Waals surface area contributed by atoms with Crippen molar-refractivity contribution in [3.63, 3.8) is 0 Å². The lowest BCUT2D eigenvalue weighted by Crippen LogP contribution is -2.12. The van der Waals surface area contributed by atoms with Crippen LogP contribution >= 0.6 is 0 Å². The third-order valence-electron chi connectivity index (χ3n) is 4.98. The summed E-state index contributed by atoms with van der Waals surface area (Å²) < 4.78 is 5.74. The monoisotopic (exact) mass is 400 g/mol. The fourth-order valence-electron chi connectivity index (χ4n) is 3.30. The number of pyridine rings is 1. The minimum atomic E-state index is -0.219. The van der Waals surface area contributed by atoms with Crippen LogP contribution in [0, 0.1) is 6.92 Å². The van der Waals surface area contributed by atoms with Gasteiger partial charge in [-0.05, 0) is 54.8 Å². The van der Waals surface area contributed by atoms with Gasteiger partial charge in [0.2, 0.25) is 0 Å². The summed E-state index contributed by atoms with van der Waals surface area (Å²) in [7, 11) is 0. The van der Waals surface area contributed by atoms with Crippen LogP contribution in [-0.4, -0.2) is 26.8 Å². The van der Waals surface area contributed by atoms with Crippen LogP contribution < -0.4 is 10.3 Å². The summed E-state index contributed by atoms with van der Waals surface area (Å²) in [5.41, 5.74) is 4.80. The van der Waals surface area contributed by atoms with Gasteiger partial charge in [0.15, 0.2) is 5.82 Å². The van der Waals surface area contributed by atoms with E-state index in [4.69, 9.17) is 4.74 Å². The molecule has 2 heterocycles. The number of ether oxygens (including phenoxy) is 1. The largest absolute Gasteiger partial charge is 0.494 e. The second-order valence-corrected chi connectivity index (χ2v) is 7.23. The Labute approximate surface area is 175 Å².